The Hall–Kier alpha value is -2.73. The van der Waals surface area contributed by atoms with Crippen molar-refractivity contribution >= 4 is 17.3 Å². The van der Waals surface area contributed by atoms with Crippen molar-refractivity contribution in [3.8, 4) is 11.5 Å². The summed E-state index contributed by atoms with van der Waals surface area (Å²) >= 11 is 0. The van der Waals surface area contributed by atoms with Gasteiger partial charge in [0.2, 0.25) is 5.91 Å². The van der Waals surface area contributed by atoms with Gasteiger partial charge in [0.15, 0.2) is 0 Å². The van der Waals surface area contributed by atoms with E-state index in [9.17, 15) is 4.79 Å². The van der Waals surface area contributed by atoms with Crippen LogP contribution in [0.1, 0.15) is 33.1 Å². The molecule has 1 aliphatic heterocycles. The van der Waals surface area contributed by atoms with Crippen molar-refractivity contribution in [2.75, 3.05) is 37.0 Å². The summed E-state index contributed by atoms with van der Waals surface area (Å²) in [6.45, 7) is 6.64. The van der Waals surface area contributed by atoms with Gasteiger partial charge in [0.05, 0.1) is 19.3 Å². The third kappa shape index (κ3) is 7.59. The monoisotopic (exact) mass is 412 g/mol. The molecule has 162 valence electrons. The summed E-state index contributed by atoms with van der Waals surface area (Å²) in [6.07, 6.45) is 3.37. The number of hydrogen-bond acceptors (Lipinski definition) is 5. The van der Waals surface area contributed by atoms with Crippen LogP contribution in [0.3, 0.4) is 0 Å². The van der Waals surface area contributed by atoms with Crippen molar-refractivity contribution in [1.29, 1.82) is 0 Å². The van der Waals surface area contributed by atoms with E-state index in [4.69, 9.17) is 14.2 Å². The van der Waals surface area contributed by atoms with Crippen LogP contribution in [0.25, 0.3) is 0 Å². The van der Waals surface area contributed by atoms with E-state index < -0.39 is 0 Å². The summed E-state index contributed by atoms with van der Waals surface area (Å²) in [5.74, 6) is 2.13. The second-order valence-corrected chi connectivity index (χ2v) is 7.93. The quantitative estimate of drug-likeness (QED) is 0.559. The summed E-state index contributed by atoms with van der Waals surface area (Å²) in [7, 11) is 0. The number of nitrogens with one attached hydrogen (secondary N) is 2. The first-order chi connectivity index (χ1) is 14.6. The third-order valence-electron chi connectivity index (χ3n) is 4.87. The van der Waals surface area contributed by atoms with Crippen LogP contribution < -0.4 is 20.1 Å². The zero-order chi connectivity index (χ0) is 21.2. The van der Waals surface area contributed by atoms with Gasteiger partial charge in [0, 0.05) is 18.0 Å². The van der Waals surface area contributed by atoms with E-state index >= 15 is 0 Å². The molecule has 1 fully saturated rings. The maximum Gasteiger partial charge on any atom is 0.243 e. The molecule has 6 heteroatoms. The molecule has 2 N–H and O–H groups in total. The van der Waals surface area contributed by atoms with Crippen LogP contribution >= 0.6 is 0 Å². The van der Waals surface area contributed by atoms with Gasteiger partial charge in [-0.2, -0.15) is 0 Å². The number of anilines is 2. The molecule has 30 heavy (non-hydrogen) atoms. The second kappa shape index (κ2) is 11.5. The van der Waals surface area contributed by atoms with Crippen LogP contribution in [0.5, 0.6) is 11.5 Å². The summed E-state index contributed by atoms with van der Waals surface area (Å²) in [6, 6.07) is 15.0. The van der Waals surface area contributed by atoms with Crippen LogP contribution in [-0.2, 0) is 9.53 Å². The molecule has 1 heterocycles. The Bertz CT molecular complexity index is 769. The predicted octanol–water partition coefficient (Wildman–Crippen LogP) is 4.72. The molecule has 0 radical (unpaired) electrons. The number of benzene rings is 2. The Morgan fingerprint density at radius 3 is 2.33 bits per heavy atom. The summed E-state index contributed by atoms with van der Waals surface area (Å²) in [5, 5.41) is 6.00. The van der Waals surface area contributed by atoms with E-state index in [1.54, 1.807) is 0 Å². The lowest BCUT2D eigenvalue weighted by atomic mass is 10.1. The van der Waals surface area contributed by atoms with E-state index in [-0.39, 0.29) is 18.6 Å². The van der Waals surface area contributed by atoms with Gasteiger partial charge < -0.3 is 24.8 Å². The highest BCUT2D eigenvalue weighted by atomic mass is 16.5. The molecule has 1 unspecified atom stereocenters. The molecule has 1 atom stereocenters. The molecule has 1 amide bonds. The molecular formula is C24H32N2O4. The standard InChI is InChI=1S/C24H32N2O4/c1-18(2)13-15-29-21-9-5-19(6-10-21)25-16-24(27)26-20-7-11-22(12-8-20)30-17-23-4-3-14-28-23/h5-12,18,23,25H,3-4,13-17H2,1-2H3,(H,26,27). The number of hydrogen-bond donors (Lipinski definition) is 2. The first-order valence-electron chi connectivity index (χ1n) is 10.7. The Labute approximate surface area is 178 Å². The molecule has 1 saturated heterocycles. The first-order valence-corrected chi connectivity index (χ1v) is 10.7. The molecular weight excluding hydrogens is 380 g/mol. The summed E-state index contributed by atoms with van der Waals surface area (Å²) in [4.78, 5) is 12.2. The van der Waals surface area contributed by atoms with Crippen LogP contribution in [0.2, 0.25) is 0 Å². The fraction of sp³-hybridized carbons (Fsp3) is 0.458. The lowest BCUT2D eigenvalue weighted by Gasteiger charge is -2.12. The van der Waals surface area contributed by atoms with Gasteiger partial charge in [-0.05, 0) is 73.7 Å². The van der Waals surface area contributed by atoms with E-state index in [2.05, 4.69) is 24.5 Å². The van der Waals surface area contributed by atoms with Gasteiger partial charge in [-0.3, -0.25) is 4.79 Å². The minimum absolute atomic E-state index is 0.111. The molecule has 6 nitrogen and oxygen atoms in total. The molecule has 2 aromatic carbocycles. The van der Waals surface area contributed by atoms with Gasteiger partial charge in [0.1, 0.15) is 18.1 Å². The highest BCUT2D eigenvalue weighted by Gasteiger charge is 2.15. The van der Waals surface area contributed by atoms with Gasteiger partial charge in [-0.15, -0.1) is 0 Å². The van der Waals surface area contributed by atoms with E-state index in [1.807, 2.05) is 48.5 Å². The smallest absolute Gasteiger partial charge is 0.243 e. The number of rotatable bonds is 11. The Morgan fingerprint density at radius 1 is 1.03 bits per heavy atom. The molecule has 1 aliphatic rings. The maximum absolute atomic E-state index is 12.2. The van der Waals surface area contributed by atoms with Crippen LogP contribution in [0.4, 0.5) is 11.4 Å². The van der Waals surface area contributed by atoms with Gasteiger partial charge >= 0.3 is 0 Å². The lowest BCUT2D eigenvalue weighted by Crippen LogP contribution is -2.21. The third-order valence-corrected chi connectivity index (χ3v) is 4.87. The molecule has 3 rings (SSSR count). The molecule has 0 spiro atoms. The predicted molar refractivity (Wildman–Crippen MR) is 119 cm³/mol. The van der Waals surface area contributed by atoms with Gasteiger partial charge in [-0.1, -0.05) is 13.8 Å². The number of ether oxygens (including phenoxy) is 3. The van der Waals surface area contributed by atoms with Crippen LogP contribution in [0.15, 0.2) is 48.5 Å². The van der Waals surface area contributed by atoms with E-state index in [0.717, 1.165) is 48.7 Å². The second-order valence-electron chi connectivity index (χ2n) is 7.93. The van der Waals surface area contributed by atoms with Crippen molar-refractivity contribution < 1.29 is 19.0 Å². The molecule has 0 aliphatic carbocycles. The SMILES string of the molecule is CC(C)CCOc1ccc(NCC(=O)Nc2ccc(OCC3CCCO3)cc2)cc1. The van der Waals surface area contributed by atoms with E-state index in [1.165, 1.54) is 0 Å². The molecule has 2 aromatic rings. The van der Waals surface area contributed by atoms with Crippen molar-refractivity contribution in [2.45, 2.75) is 39.2 Å². The first kappa shape index (κ1) is 22.0. The lowest BCUT2D eigenvalue weighted by molar-refractivity contribution is -0.114. The number of carbonyl (C=O) groups is 1. The fourth-order valence-electron chi connectivity index (χ4n) is 3.07. The van der Waals surface area contributed by atoms with Crippen molar-refractivity contribution in [2.24, 2.45) is 5.92 Å². The number of carbonyl (C=O) groups excluding carboxylic acids is 1. The normalized spacial score (nSPS) is 15.8. The molecule has 0 bridgehead atoms. The zero-order valence-electron chi connectivity index (χ0n) is 17.9. The Kier molecular flexibility index (Phi) is 8.39. The highest BCUT2D eigenvalue weighted by Crippen LogP contribution is 2.19. The topological polar surface area (TPSA) is 68.8 Å². The fourth-order valence-corrected chi connectivity index (χ4v) is 3.07. The Morgan fingerprint density at radius 2 is 1.70 bits per heavy atom. The largest absolute Gasteiger partial charge is 0.494 e. The van der Waals surface area contributed by atoms with Gasteiger partial charge in [0.25, 0.3) is 0 Å². The van der Waals surface area contributed by atoms with Crippen LogP contribution in [0, 0.1) is 5.92 Å². The van der Waals surface area contributed by atoms with E-state index in [0.29, 0.717) is 19.1 Å². The highest BCUT2D eigenvalue weighted by molar-refractivity contribution is 5.93. The number of amides is 1. The van der Waals surface area contributed by atoms with Gasteiger partial charge in [-0.25, -0.2) is 0 Å². The minimum Gasteiger partial charge on any atom is -0.494 e. The Balaban J connectivity index is 1.36. The minimum atomic E-state index is -0.111. The summed E-state index contributed by atoms with van der Waals surface area (Å²) < 4.78 is 17.0. The zero-order valence-corrected chi connectivity index (χ0v) is 17.9. The van der Waals surface area contributed by atoms with Crippen molar-refractivity contribution in [1.82, 2.24) is 0 Å². The van der Waals surface area contributed by atoms with Crippen molar-refractivity contribution in [3.05, 3.63) is 48.5 Å². The average molecular weight is 413 g/mol. The van der Waals surface area contributed by atoms with Crippen LogP contribution in [-0.4, -0.2) is 38.4 Å². The van der Waals surface area contributed by atoms with Crippen molar-refractivity contribution in [3.63, 3.8) is 0 Å². The molecule has 0 aromatic heterocycles. The average Bonchev–Trinajstić information content (AvgIpc) is 3.26. The molecule has 0 saturated carbocycles. The summed E-state index contributed by atoms with van der Waals surface area (Å²) in [5.41, 5.74) is 1.61. The maximum atomic E-state index is 12.2.